The van der Waals surface area contributed by atoms with Crippen LogP contribution in [0.25, 0.3) is 0 Å². The Labute approximate surface area is 112 Å². The SMILES string of the molecule is Fc1ccc(C2CCN3CCc4cccc2c43)cc1. The number of nitrogens with zero attached hydrogens (tertiary/aromatic N) is 1. The molecule has 1 unspecified atom stereocenters. The second-order valence-corrected chi connectivity index (χ2v) is 5.48. The molecule has 4 rings (SSSR count). The van der Waals surface area contributed by atoms with Gasteiger partial charge >= 0.3 is 0 Å². The largest absolute Gasteiger partial charge is 0.371 e. The lowest BCUT2D eigenvalue weighted by Crippen LogP contribution is -2.29. The van der Waals surface area contributed by atoms with Crippen LogP contribution in [0.4, 0.5) is 10.1 Å². The van der Waals surface area contributed by atoms with Crippen LogP contribution in [0, 0.1) is 5.82 Å². The van der Waals surface area contributed by atoms with E-state index in [1.54, 1.807) is 12.1 Å². The summed E-state index contributed by atoms with van der Waals surface area (Å²) in [6, 6.07) is 13.7. The Kier molecular flexibility index (Phi) is 2.37. The molecule has 0 saturated heterocycles. The maximum absolute atomic E-state index is 13.1. The number of rotatable bonds is 1. The number of benzene rings is 2. The summed E-state index contributed by atoms with van der Waals surface area (Å²) in [4.78, 5) is 2.50. The molecule has 2 aromatic rings. The molecule has 0 aromatic heterocycles. The van der Waals surface area contributed by atoms with Gasteiger partial charge in [0.25, 0.3) is 0 Å². The molecule has 2 heteroatoms. The van der Waals surface area contributed by atoms with E-state index in [4.69, 9.17) is 0 Å². The zero-order chi connectivity index (χ0) is 12.8. The third-order valence-corrected chi connectivity index (χ3v) is 4.45. The van der Waals surface area contributed by atoms with Crippen molar-refractivity contribution in [1.29, 1.82) is 0 Å². The first-order valence-electron chi connectivity index (χ1n) is 6.95. The second kappa shape index (κ2) is 4.09. The Morgan fingerprint density at radius 2 is 1.84 bits per heavy atom. The maximum Gasteiger partial charge on any atom is 0.123 e. The van der Waals surface area contributed by atoms with Crippen molar-refractivity contribution in [3.8, 4) is 0 Å². The summed E-state index contributed by atoms with van der Waals surface area (Å²) < 4.78 is 13.1. The number of para-hydroxylation sites is 1. The Bertz CT molecular complexity index is 618. The highest BCUT2D eigenvalue weighted by Gasteiger charge is 2.31. The van der Waals surface area contributed by atoms with E-state index in [9.17, 15) is 4.39 Å². The molecule has 19 heavy (non-hydrogen) atoms. The van der Waals surface area contributed by atoms with E-state index in [0.717, 1.165) is 19.5 Å². The van der Waals surface area contributed by atoms with Crippen LogP contribution in [0.1, 0.15) is 29.0 Å². The van der Waals surface area contributed by atoms with E-state index in [0.29, 0.717) is 5.92 Å². The second-order valence-electron chi connectivity index (χ2n) is 5.48. The summed E-state index contributed by atoms with van der Waals surface area (Å²) in [6.45, 7) is 2.27. The Morgan fingerprint density at radius 3 is 2.68 bits per heavy atom. The summed E-state index contributed by atoms with van der Waals surface area (Å²) in [6.07, 6.45) is 2.29. The summed E-state index contributed by atoms with van der Waals surface area (Å²) >= 11 is 0. The molecule has 0 bridgehead atoms. The van der Waals surface area contributed by atoms with Crippen LogP contribution in [-0.4, -0.2) is 13.1 Å². The molecule has 1 nitrogen and oxygen atoms in total. The van der Waals surface area contributed by atoms with Crippen LogP contribution >= 0.6 is 0 Å². The van der Waals surface area contributed by atoms with Crippen LogP contribution in [0.3, 0.4) is 0 Å². The van der Waals surface area contributed by atoms with E-state index in [1.165, 1.54) is 28.8 Å². The molecule has 2 aliphatic heterocycles. The molecular formula is C17H16FN. The zero-order valence-electron chi connectivity index (χ0n) is 10.8. The van der Waals surface area contributed by atoms with E-state index < -0.39 is 0 Å². The van der Waals surface area contributed by atoms with E-state index in [2.05, 4.69) is 23.1 Å². The lowest BCUT2D eigenvalue weighted by molar-refractivity contribution is 0.621. The highest BCUT2D eigenvalue weighted by atomic mass is 19.1. The normalized spacial score (nSPS) is 20.5. The summed E-state index contributed by atoms with van der Waals surface area (Å²) in [5.41, 5.74) is 5.58. The summed E-state index contributed by atoms with van der Waals surface area (Å²) in [5.74, 6) is 0.268. The van der Waals surface area contributed by atoms with Crippen LogP contribution in [0.5, 0.6) is 0 Å². The minimum absolute atomic E-state index is 0.153. The monoisotopic (exact) mass is 253 g/mol. The van der Waals surface area contributed by atoms with Crippen molar-refractivity contribution in [2.45, 2.75) is 18.8 Å². The molecular weight excluding hydrogens is 237 g/mol. The van der Waals surface area contributed by atoms with Gasteiger partial charge in [-0.1, -0.05) is 30.3 Å². The van der Waals surface area contributed by atoms with Crippen molar-refractivity contribution < 1.29 is 4.39 Å². The van der Waals surface area contributed by atoms with Gasteiger partial charge in [0.05, 0.1) is 0 Å². The molecule has 2 aromatic carbocycles. The van der Waals surface area contributed by atoms with Gasteiger partial charge in [-0.15, -0.1) is 0 Å². The minimum Gasteiger partial charge on any atom is -0.371 e. The summed E-state index contributed by atoms with van der Waals surface area (Å²) in [7, 11) is 0. The van der Waals surface area contributed by atoms with Crippen molar-refractivity contribution in [3.05, 3.63) is 65.0 Å². The van der Waals surface area contributed by atoms with Crippen LogP contribution < -0.4 is 4.90 Å². The minimum atomic E-state index is -0.153. The van der Waals surface area contributed by atoms with Gasteiger partial charge in [0.1, 0.15) is 5.82 Å². The lowest BCUT2D eigenvalue weighted by atomic mass is 9.84. The number of hydrogen-bond donors (Lipinski definition) is 0. The van der Waals surface area contributed by atoms with Gasteiger partial charge in [-0.2, -0.15) is 0 Å². The maximum atomic E-state index is 13.1. The van der Waals surface area contributed by atoms with Gasteiger partial charge in [0.2, 0.25) is 0 Å². The van der Waals surface area contributed by atoms with Gasteiger partial charge in [-0.3, -0.25) is 0 Å². The molecule has 0 radical (unpaired) electrons. The smallest absolute Gasteiger partial charge is 0.123 e. The fourth-order valence-corrected chi connectivity index (χ4v) is 3.55. The fourth-order valence-electron chi connectivity index (χ4n) is 3.55. The van der Waals surface area contributed by atoms with Gasteiger partial charge in [-0.05, 0) is 41.7 Å². The first-order valence-corrected chi connectivity index (χ1v) is 6.95. The van der Waals surface area contributed by atoms with E-state index in [-0.39, 0.29) is 5.82 Å². The molecule has 96 valence electrons. The molecule has 0 spiro atoms. The van der Waals surface area contributed by atoms with Crippen LogP contribution in [0.15, 0.2) is 42.5 Å². The van der Waals surface area contributed by atoms with Crippen molar-refractivity contribution in [1.82, 2.24) is 0 Å². The molecule has 2 heterocycles. The van der Waals surface area contributed by atoms with Crippen molar-refractivity contribution in [2.75, 3.05) is 18.0 Å². The average Bonchev–Trinajstić information content (AvgIpc) is 2.86. The third-order valence-electron chi connectivity index (χ3n) is 4.45. The fraction of sp³-hybridized carbons (Fsp3) is 0.294. The molecule has 0 aliphatic carbocycles. The molecule has 0 N–H and O–H groups in total. The van der Waals surface area contributed by atoms with E-state index in [1.807, 2.05) is 12.1 Å². The van der Waals surface area contributed by atoms with Gasteiger partial charge < -0.3 is 4.90 Å². The topological polar surface area (TPSA) is 3.24 Å². The van der Waals surface area contributed by atoms with Crippen molar-refractivity contribution >= 4 is 5.69 Å². The Hall–Kier alpha value is -1.83. The van der Waals surface area contributed by atoms with Crippen LogP contribution in [0.2, 0.25) is 0 Å². The number of hydrogen-bond acceptors (Lipinski definition) is 1. The van der Waals surface area contributed by atoms with Crippen molar-refractivity contribution in [2.24, 2.45) is 0 Å². The summed E-state index contributed by atoms with van der Waals surface area (Å²) in [5, 5.41) is 0. The molecule has 2 aliphatic rings. The molecule has 0 saturated carbocycles. The van der Waals surface area contributed by atoms with Crippen molar-refractivity contribution in [3.63, 3.8) is 0 Å². The number of halogens is 1. The first-order chi connectivity index (χ1) is 9.33. The Morgan fingerprint density at radius 1 is 1.00 bits per heavy atom. The Balaban J connectivity index is 1.83. The molecule has 0 amide bonds. The van der Waals surface area contributed by atoms with Gasteiger partial charge in [0, 0.05) is 24.7 Å². The predicted octanol–water partition coefficient (Wildman–Crippen LogP) is 3.72. The van der Waals surface area contributed by atoms with Gasteiger partial charge in [0.15, 0.2) is 0 Å². The first kappa shape index (κ1) is 11.0. The highest BCUT2D eigenvalue weighted by molar-refractivity contribution is 5.67. The third kappa shape index (κ3) is 1.66. The lowest BCUT2D eigenvalue weighted by Gasteiger charge is -2.33. The zero-order valence-corrected chi connectivity index (χ0v) is 10.8. The van der Waals surface area contributed by atoms with E-state index >= 15 is 0 Å². The van der Waals surface area contributed by atoms with Gasteiger partial charge in [-0.25, -0.2) is 4.39 Å². The molecule has 0 fully saturated rings. The highest BCUT2D eigenvalue weighted by Crippen LogP contribution is 2.43. The van der Waals surface area contributed by atoms with Crippen LogP contribution in [-0.2, 0) is 6.42 Å². The predicted molar refractivity (Wildman–Crippen MR) is 75.2 cm³/mol. The quantitative estimate of drug-likeness (QED) is 0.748. The standard InChI is InChI=1S/C17H16FN/c18-14-6-4-12(5-7-14)15-9-11-19-10-8-13-2-1-3-16(15)17(13)19/h1-7,15H,8-11H2. The molecule has 1 atom stereocenters. The average molecular weight is 253 g/mol. The number of anilines is 1.